The lowest BCUT2D eigenvalue weighted by atomic mass is 10.1. The summed E-state index contributed by atoms with van der Waals surface area (Å²) in [6.07, 6.45) is -0.440. The SMILES string of the molecule is [C-]#[N+]c1c(C(=O)OC)cp(C2OC(CC)C3OC(C)(C)OC32)c1N1C(=O)c2ccccc2C1=O. The molecule has 1 aromatic carbocycles. The summed E-state index contributed by atoms with van der Waals surface area (Å²) in [5.41, 5.74) is 0.623. The highest BCUT2D eigenvalue weighted by atomic mass is 31.1. The van der Waals surface area contributed by atoms with Crippen molar-refractivity contribution < 1.29 is 33.3 Å². The lowest BCUT2D eigenvalue weighted by Crippen LogP contribution is -2.29. The molecular formula is C24H23N2O7P. The minimum absolute atomic E-state index is 0.0217. The predicted molar refractivity (Wildman–Crippen MR) is 122 cm³/mol. The Balaban J connectivity index is 1.70. The molecule has 0 aliphatic carbocycles. The van der Waals surface area contributed by atoms with E-state index in [-0.39, 0.29) is 40.0 Å². The fourth-order valence-electron chi connectivity index (χ4n) is 4.88. The molecule has 34 heavy (non-hydrogen) atoms. The Labute approximate surface area is 197 Å². The minimum atomic E-state index is -1.64. The summed E-state index contributed by atoms with van der Waals surface area (Å²) in [7, 11) is -0.424. The topological polar surface area (TPSA) is 95.7 Å². The zero-order chi connectivity index (χ0) is 24.4. The third kappa shape index (κ3) is 3.22. The van der Waals surface area contributed by atoms with Gasteiger partial charge in [-0.05, 0) is 38.2 Å². The van der Waals surface area contributed by atoms with Crippen molar-refractivity contribution in [1.29, 1.82) is 0 Å². The average Bonchev–Trinajstić information content (AvgIpc) is 3.51. The maximum atomic E-state index is 13.4. The molecule has 5 rings (SSSR count). The number of benzene rings is 1. The molecule has 0 N–H and O–H groups in total. The van der Waals surface area contributed by atoms with E-state index in [9.17, 15) is 14.4 Å². The number of anilines is 1. The van der Waals surface area contributed by atoms with E-state index in [1.165, 1.54) is 7.11 Å². The van der Waals surface area contributed by atoms with Gasteiger partial charge in [0.2, 0.25) is 5.69 Å². The Kier molecular flexibility index (Phi) is 5.38. The van der Waals surface area contributed by atoms with Gasteiger partial charge >= 0.3 is 5.97 Å². The van der Waals surface area contributed by atoms with Gasteiger partial charge in [0, 0.05) is 0 Å². The zero-order valence-electron chi connectivity index (χ0n) is 19.1. The van der Waals surface area contributed by atoms with Crippen LogP contribution >= 0.6 is 7.53 Å². The van der Waals surface area contributed by atoms with Crippen LogP contribution in [-0.4, -0.2) is 49.0 Å². The van der Waals surface area contributed by atoms with Gasteiger partial charge in [-0.1, -0.05) is 26.6 Å². The van der Waals surface area contributed by atoms with Crippen LogP contribution in [0.4, 0.5) is 11.1 Å². The third-order valence-corrected chi connectivity index (χ3v) is 8.71. The Morgan fingerprint density at radius 1 is 1.18 bits per heavy atom. The van der Waals surface area contributed by atoms with Gasteiger partial charge in [0.25, 0.3) is 11.8 Å². The number of amides is 2. The summed E-state index contributed by atoms with van der Waals surface area (Å²) in [5, 5.41) is 0. The number of hydrogen-bond donors (Lipinski definition) is 0. The van der Waals surface area contributed by atoms with Crippen molar-refractivity contribution in [3.8, 4) is 0 Å². The molecule has 5 unspecified atom stereocenters. The van der Waals surface area contributed by atoms with Crippen molar-refractivity contribution in [2.24, 2.45) is 0 Å². The molecule has 0 spiro atoms. The number of esters is 1. The van der Waals surface area contributed by atoms with E-state index in [0.717, 1.165) is 4.90 Å². The fraction of sp³-hybridized carbons (Fsp3) is 0.417. The third-order valence-electron chi connectivity index (χ3n) is 6.30. The van der Waals surface area contributed by atoms with E-state index in [2.05, 4.69) is 4.85 Å². The number of carbonyl (C=O) groups is 3. The number of methoxy groups -OCH3 is 1. The van der Waals surface area contributed by atoms with Gasteiger partial charge in [0.05, 0.1) is 41.9 Å². The molecule has 3 aliphatic rings. The lowest BCUT2D eigenvalue weighted by molar-refractivity contribution is -0.182. The summed E-state index contributed by atoms with van der Waals surface area (Å²) < 4.78 is 23.5. The van der Waals surface area contributed by atoms with Gasteiger partial charge in [-0.3, -0.25) is 9.59 Å². The summed E-state index contributed by atoms with van der Waals surface area (Å²) in [4.78, 5) is 43.9. The predicted octanol–water partition coefficient (Wildman–Crippen LogP) is 4.64. The molecule has 0 bridgehead atoms. The first-order valence-corrected chi connectivity index (χ1v) is 12.4. The van der Waals surface area contributed by atoms with Crippen molar-refractivity contribution in [1.82, 2.24) is 0 Å². The molecule has 0 saturated carbocycles. The van der Waals surface area contributed by atoms with Crippen LogP contribution in [0.15, 0.2) is 30.1 Å². The smallest absolute Gasteiger partial charge is 0.327 e. The summed E-state index contributed by atoms with van der Waals surface area (Å²) in [5.74, 6) is -1.62. The number of carbonyl (C=O) groups excluding carboxylic acids is 3. The first-order chi connectivity index (χ1) is 16.2. The molecule has 2 saturated heterocycles. The van der Waals surface area contributed by atoms with E-state index in [1.54, 1.807) is 30.1 Å². The van der Waals surface area contributed by atoms with Crippen molar-refractivity contribution in [2.45, 2.75) is 57.1 Å². The normalized spacial score (nSPS) is 27.5. The Morgan fingerprint density at radius 3 is 2.35 bits per heavy atom. The van der Waals surface area contributed by atoms with Gasteiger partial charge in [-0.2, -0.15) is 0 Å². The molecule has 1 aromatic heterocycles. The molecule has 10 heteroatoms. The van der Waals surface area contributed by atoms with Crippen LogP contribution in [0.5, 0.6) is 0 Å². The molecule has 2 fully saturated rings. The minimum Gasteiger partial charge on any atom is -0.466 e. The van der Waals surface area contributed by atoms with Gasteiger partial charge in [0.1, 0.15) is 18.1 Å². The second-order valence-corrected chi connectivity index (χ2v) is 10.8. The average molecular weight is 482 g/mol. The Hall–Kier alpha value is -3.02. The monoisotopic (exact) mass is 482 g/mol. The zero-order valence-corrected chi connectivity index (χ0v) is 20.0. The highest BCUT2D eigenvalue weighted by molar-refractivity contribution is 7.54. The van der Waals surface area contributed by atoms with Gasteiger partial charge in [-0.25, -0.2) is 14.5 Å². The lowest BCUT2D eigenvalue weighted by Gasteiger charge is -2.26. The van der Waals surface area contributed by atoms with E-state index < -0.39 is 43.1 Å². The van der Waals surface area contributed by atoms with Gasteiger partial charge < -0.3 is 18.9 Å². The van der Waals surface area contributed by atoms with Crippen molar-refractivity contribution in [2.75, 3.05) is 12.0 Å². The quantitative estimate of drug-likeness (QED) is 0.356. The van der Waals surface area contributed by atoms with Crippen LogP contribution in [-0.2, 0) is 18.9 Å². The Morgan fingerprint density at radius 2 is 1.79 bits per heavy atom. The van der Waals surface area contributed by atoms with E-state index in [0.29, 0.717) is 6.42 Å². The molecule has 5 atom stereocenters. The second-order valence-electron chi connectivity index (χ2n) is 8.76. The first kappa shape index (κ1) is 22.8. The molecular weight excluding hydrogens is 459 g/mol. The number of imide groups is 1. The van der Waals surface area contributed by atoms with Crippen LogP contribution in [0, 0.1) is 6.57 Å². The molecule has 9 nitrogen and oxygen atoms in total. The van der Waals surface area contributed by atoms with Crippen LogP contribution in [0.3, 0.4) is 0 Å². The van der Waals surface area contributed by atoms with Crippen molar-refractivity contribution >= 4 is 36.4 Å². The molecule has 0 radical (unpaired) electrons. The van der Waals surface area contributed by atoms with Gasteiger partial charge in [0.15, 0.2) is 5.79 Å². The standard InChI is InChI=1S/C24H23N2O7P/c1-6-15-17-18(33-24(2,3)32-17)23(31-15)34-11-14(22(29)30-5)16(25-4)21(34)26-19(27)12-9-7-8-10-13(12)20(26)28/h7-11,15,17-18,23H,6H2,1-3,5H3. The maximum absolute atomic E-state index is 13.4. The van der Waals surface area contributed by atoms with Crippen LogP contribution in [0.25, 0.3) is 4.85 Å². The van der Waals surface area contributed by atoms with Crippen LogP contribution < -0.4 is 4.90 Å². The molecule has 2 amide bonds. The van der Waals surface area contributed by atoms with E-state index in [1.807, 2.05) is 20.8 Å². The number of rotatable bonds is 4. The van der Waals surface area contributed by atoms with Gasteiger partial charge in [-0.15, -0.1) is 0 Å². The highest BCUT2D eigenvalue weighted by Crippen LogP contribution is 2.64. The fourth-order valence-corrected chi connectivity index (χ4v) is 7.56. The second kappa shape index (κ2) is 8.03. The number of ether oxygens (including phenoxy) is 4. The highest BCUT2D eigenvalue weighted by Gasteiger charge is 2.56. The number of nitrogens with zero attached hydrogens (tertiary/aromatic N) is 2. The van der Waals surface area contributed by atoms with E-state index >= 15 is 0 Å². The largest absolute Gasteiger partial charge is 0.466 e. The number of fused-ring (bicyclic) bond motifs is 2. The van der Waals surface area contributed by atoms with Crippen LogP contribution in [0.2, 0.25) is 0 Å². The summed E-state index contributed by atoms with van der Waals surface area (Å²) in [6, 6.07) is 6.50. The molecule has 176 valence electrons. The summed E-state index contributed by atoms with van der Waals surface area (Å²) in [6.45, 7) is 13.4. The number of hydrogen-bond acceptors (Lipinski definition) is 7. The van der Waals surface area contributed by atoms with Crippen molar-refractivity contribution in [3.63, 3.8) is 0 Å². The molecule has 2 aromatic rings. The maximum Gasteiger partial charge on any atom is 0.327 e. The van der Waals surface area contributed by atoms with Crippen molar-refractivity contribution in [3.05, 3.63) is 58.2 Å². The summed E-state index contributed by atoms with van der Waals surface area (Å²) >= 11 is 0. The van der Waals surface area contributed by atoms with Crippen LogP contribution in [0.1, 0.15) is 64.1 Å². The Bertz CT molecular complexity index is 1230. The van der Waals surface area contributed by atoms with E-state index in [4.69, 9.17) is 25.5 Å². The first-order valence-electron chi connectivity index (χ1n) is 10.9. The molecule has 3 aliphatic heterocycles. The molecule has 4 heterocycles.